The summed E-state index contributed by atoms with van der Waals surface area (Å²) in [6.45, 7) is 0.198. The Hall–Kier alpha value is -6.16. The second-order valence-electron chi connectivity index (χ2n) is 10.3. The van der Waals surface area contributed by atoms with Gasteiger partial charge >= 0.3 is 0 Å². The number of fused-ring (bicyclic) bond motifs is 2. The zero-order chi connectivity index (χ0) is 35.3. The van der Waals surface area contributed by atoms with Gasteiger partial charge in [0, 0.05) is 45.7 Å². The van der Waals surface area contributed by atoms with Crippen molar-refractivity contribution in [3.8, 4) is 23.8 Å². The Morgan fingerprint density at radius 2 is 1.18 bits per heavy atom. The smallest absolute Gasteiger partial charge is 0.239 e. The van der Waals surface area contributed by atoms with Crippen molar-refractivity contribution in [3.05, 3.63) is 97.6 Å². The number of nitrogens with one attached hydrogen (secondary N) is 4. The highest BCUT2D eigenvalue weighted by atomic mass is 35.5. The van der Waals surface area contributed by atoms with Crippen molar-refractivity contribution in [1.82, 2.24) is 19.9 Å². The number of amides is 2. The van der Waals surface area contributed by atoms with Gasteiger partial charge in [0.1, 0.15) is 54.2 Å². The lowest BCUT2D eigenvalue weighted by molar-refractivity contribution is -0.114. The lowest BCUT2D eigenvalue weighted by Gasteiger charge is -2.11. The summed E-state index contributed by atoms with van der Waals surface area (Å²) in [6.07, 6.45) is 8.17. The number of carbonyl (C=O) groups is 2. The monoisotopic (exact) mass is 708 g/mol. The van der Waals surface area contributed by atoms with Gasteiger partial charge in [-0.05, 0) is 60.7 Å². The third kappa shape index (κ3) is 9.47. The van der Waals surface area contributed by atoms with Crippen molar-refractivity contribution < 1.29 is 19.1 Å². The maximum absolute atomic E-state index is 11.5. The van der Waals surface area contributed by atoms with Gasteiger partial charge in [-0.2, -0.15) is 0 Å². The number of methoxy groups -OCH3 is 1. The molecule has 0 aliphatic heterocycles. The molecule has 0 aliphatic carbocycles. The van der Waals surface area contributed by atoms with Crippen molar-refractivity contribution in [2.24, 2.45) is 0 Å². The van der Waals surface area contributed by atoms with Crippen LogP contribution in [-0.4, -0.2) is 57.2 Å². The average molecular weight is 710 g/mol. The van der Waals surface area contributed by atoms with E-state index in [1.165, 1.54) is 12.7 Å². The van der Waals surface area contributed by atoms with Gasteiger partial charge in [0.05, 0.1) is 18.1 Å². The fourth-order valence-electron chi connectivity index (χ4n) is 4.62. The van der Waals surface area contributed by atoms with Crippen LogP contribution in [0.2, 0.25) is 0 Å². The number of alkyl halides is 2. The van der Waals surface area contributed by atoms with Crippen LogP contribution < -0.4 is 30.7 Å². The first-order valence-electron chi connectivity index (χ1n) is 14.9. The van der Waals surface area contributed by atoms with Gasteiger partial charge < -0.3 is 30.7 Å². The van der Waals surface area contributed by atoms with Gasteiger partial charge in [0.2, 0.25) is 11.8 Å². The molecule has 2 amide bonds. The number of nitrogens with zero attached hydrogens (tertiary/aromatic N) is 4. The molecule has 0 spiro atoms. The third-order valence-corrected chi connectivity index (χ3v) is 7.32. The van der Waals surface area contributed by atoms with Gasteiger partial charge in [-0.1, -0.05) is 18.1 Å². The van der Waals surface area contributed by atoms with E-state index < -0.39 is 0 Å². The minimum absolute atomic E-state index is 0.0990. The van der Waals surface area contributed by atoms with E-state index in [1.54, 1.807) is 31.4 Å². The number of halogens is 2. The number of carbonyl (C=O) groups excluding carboxylic acids is 2. The first kappa shape index (κ1) is 35.2. The van der Waals surface area contributed by atoms with Gasteiger partial charge in [-0.3, -0.25) is 9.59 Å². The van der Waals surface area contributed by atoms with Crippen molar-refractivity contribution in [1.29, 1.82) is 0 Å². The number of rotatable bonds is 11. The topological polar surface area (TPSA) is 152 Å². The van der Waals surface area contributed by atoms with Crippen LogP contribution in [0.3, 0.4) is 0 Å². The molecule has 0 bridgehead atoms. The summed E-state index contributed by atoms with van der Waals surface area (Å²) in [5, 5.41) is 13.5. The van der Waals surface area contributed by atoms with Crippen molar-refractivity contribution in [3.63, 3.8) is 0 Å². The Labute approximate surface area is 297 Å². The number of hydrogen-bond donors (Lipinski definition) is 4. The van der Waals surface area contributed by atoms with E-state index in [1.807, 2.05) is 60.7 Å². The Morgan fingerprint density at radius 1 is 0.680 bits per heavy atom. The van der Waals surface area contributed by atoms with Gasteiger partial charge in [0.25, 0.3) is 0 Å². The second kappa shape index (κ2) is 17.3. The van der Waals surface area contributed by atoms with Crippen LogP contribution >= 0.6 is 23.2 Å². The summed E-state index contributed by atoms with van der Waals surface area (Å²) >= 11 is 11.1. The van der Waals surface area contributed by atoms with Crippen LogP contribution in [0.4, 0.5) is 34.4 Å². The minimum Gasteiger partial charge on any atom is -0.497 e. The van der Waals surface area contributed by atoms with Crippen molar-refractivity contribution >= 4 is 91.2 Å². The summed E-state index contributed by atoms with van der Waals surface area (Å²) in [4.78, 5) is 40.0. The summed E-state index contributed by atoms with van der Waals surface area (Å²) < 4.78 is 10.6. The Morgan fingerprint density at radius 3 is 1.66 bits per heavy atom. The van der Waals surface area contributed by atoms with Crippen LogP contribution in [0.25, 0.3) is 21.8 Å². The average Bonchev–Trinajstić information content (AvgIpc) is 3.15. The predicted octanol–water partition coefficient (Wildman–Crippen LogP) is 7.12. The van der Waals surface area contributed by atoms with E-state index in [0.29, 0.717) is 28.8 Å². The van der Waals surface area contributed by atoms with Gasteiger partial charge in [-0.25, -0.2) is 19.9 Å². The summed E-state index contributed by atoms with van der Waals surface area (Å²) in [5.41, 5.74) is 4.38. The molecule has 50 heavy (non-hydrogen) atoms. The number of aromatic nitrogens is 4. The molecule has 2 heterocycles. The zero-order valence-corrected chi connectivity index (χ0v) is 28.1. The van der Waals surface area contributed by atoms with E-state index >= 15 is 0 Å². The van der Waals surface area contributed by atoms with Crippen molar-refractivity contribution in [2.75, 3.05) is 46.7 Å². The van der Waals surface area contributed by atoms with E-state index in [-0.39, 0.29) is 30.2 Å². The summed E-state index contributed by atoms with van der Waals surface area (Å²) in [5.74, 6) is 4.30. The number of anilines is 6. The molecule has 0 aliphatic rings. The lowest BCUT2D eigenvalue weighted by atomic mass is 10.2. The lowest BCUT2D eigenvalue weighted by Crippen LogP contribution is -2.12. The molecule has 0 unspecified atom stereocenters. The molecule has 0 saturated heterocycles. The molecule has 2 aromatic heterocycles. The number of terminal acetylenes is 1. The van der Waals surface area contributed by atoms with Crippen LogP contribution in [0, 0.1) is 12.3 Å². The fourth-order valence-corrected chi connectivity index (χ4v) is 4.75. The highest BCUT2D eigenvalue weighted by molar-refractivity contribution is 6.29. The molecule has 0 radical (unpaired) electrons. The fraction of sp³-hybridized carbons (Fsp3) is 0.111. The highest BCUT2D eigenvalue weighted by Crippen LogP contribution is 2.29. The standard InChI is InChI=1S/C19H15ClN4O2.C17H15ClN4O2/c1-2-8-26-15-5-3-4-13(9-15)24-19-16-10-14(23-18(25)11-20)6-7-17(16)21-12-22-19;1-24-13-4-2-3-11(7-13)22-17-14-8-12(21-16(23)9-18)5-6-15(14)19-10-20-17/h1,3-7,9-10,12H,8,11H2,(H,23,25)(H,21,22,24);2-8,10H,9H2,1H3,(H,21,23)(H,19,20,22). The molecule has 252 valence electrons. The van der Waals surface area contributed by atoms with Crippen LogP contribution in [-0.2, 0) is 9.59 Å². The molecule has 0 atom stereocenters. The molecular weight excluding hydrogens is 679 g/mol. The van der Waals surface area contributed by atoms with Gasteiger partial charge in [0.15, 0.2) is 0 Å². The molecule has 14 heteroatoms. The Balaban J connectivity index is 0.000000195. The largest absolute Gasteiger partial charge is 0.497 e. The van der Waals surface area contributed by atoms with Gasteiger partial charge in [-0.15, -0.1) is 29.6 Å². The van der Waals surface area contributed by atoms with E-state index in [0.717, 1.165) is 38.9 Å². The zero-order valence-electron chi connectivity index (χ0n) is 26.6. The van der Waals surface area contributed by atoms with E-state index in [9.17, 15) is 9.59 Å². The van der Waals surface area contributed by atoms with E-state index in [2.05, 4.69) is 47.1 Å². The summed E-state index contributed by atoms with van der Waals surface area (Å²) in [6, 6.07) is 25.7. The molecule has 12 nitrogen and oxygen atoms in total. The molecule has 6 aromatic rings. The maximum atomic E-state index is 11.5. The normalized spacial score (nSPS) is 10.3. The highest BCUT2D eigenvalue weighted by Gasteiger charge is 2.09. The molecule has 0 saturated carbocycles. The Kier molecular flexibility index (Phi) is 12.2. The molecule has 6 rings (SSSR count). The first-order valence-corrected chi connectivity index (χ1v) is 16.0. The molecular formula is C36H30Cl2N8O4. The van der Waals surface area contributed by atoms with E-state index in [4.69, 9.17) is 39.1 Å². The first-order chi connectivity index (χ1) is 24.4. The van der Waals surface area contributed by atoms with Crippen LogP contribution in [0.15, 0.2) is 97.6 Å². The maximum Gasteiger partial charge on any atom is 0.239 e. The molecule has 0 fully saturated rings. The molecule has 4 aromatic carbocycles. The van der Waals surface area contributed by atoms with Crippen molar-refractivity contribution in [2.45, 2.75) is 0 Å². The SMILES string of the molecule is C#CCOc1cccc(Nc2ncnc3ccc(NC(=O)CCl)cc23)c1.COc1cccc(Nc2ncnc3ccc(NC(=O)CCl)cc23)c1. The number of ether oxygens (including phenoxy) is 2. The minimum atomic E-state index is -0.282. The summed E-state index contributed by atoms with van der Waals surface area (Å²) in [7, 11) is 1.62. The number of hydrogen-bond acceptors (Lipinski definition) is 10. The predicted molar refractivity (Wildman–Crippen MR) is 198 cm³/mol. The van der Waals surface area contributed by atoms with Crippen LogP contribution in [0.1, 0.15) is 0 Å². The second-order valence-corrected chi connectivity index (χ2v) is 10.8. The number of benzene rings is 4. The molecule has 4 N–H and O–H groups in total. The van der Waals surface area contributed by atoms with Crippen LogP contribution in [0.5, 0.6) is 11.5 Å². The third-order valence-electron chi connectivity index (χ3n) is 6.83. The quantitative estimate of drug-likeness (QED) is 0.0808. The Bertz CT molecular complexity index is 2180.